The summed E-state index contributed by atoms with van der Waals surface area (Å²) in [7, 11) is 0. The first kappa shape index (κ1) is 14.7. The van der Waals surface area contributed by atoms with Crippen molar-refractivity contribution in [3.8, 4) is 0 Å². The second-order valence-electron chi connectivity index (χ2n) is 4.08. The SMILES string of the molecule is CCOC(=O)c1ccccc1C(=O)c1ccccc1I. The summed E-state index contributed by atoms with van der Waals surface area (Å²) in [4.78, 5) is 24.5. The van der Waals surface area contributed by atoms with E-state index in [1.54, 1.807) is 37.3 Å². The molecule has 2 aromatic carbocycles. The van der Waals surface area contributed by atoms with Crippen molar-refractivity contribution in [3.05, 3.63) is 68.8 Å². The van der Waals surface area contributed by atoms with Crippen LogP contribution in [0.4, 0.5) is 0 Å². The van der Waals surface area contributed by atoms with Gasteiger partial charge in [-0.15, -0.1) is 0 Å². The van der Waals surface area contributed by atoms with E-state index in [2.05, 4.69) is 22.6 Å². The minimum Gasteiger partial charge on any atom is -0.462 e. The minimum atomic E-state index is -0.470. The van der Waals surface area contributed by atoms with Gasteiger partial charge in [-0.25, -0.2) is 4.79 Å². The van der Waals surface area contributed by atoms with Gasteiger partial charge in [0.2, 0.25) is 0 Å². The number of carbonyl (C=O) groups is 2. The average Bonchev–Trinajstić information content (AvgIpc) is 2.47. The molecule has 0 saturated carbocycles. The van der Waals surface area contributed by atoms with E-state index in [9.17, 15) is 9.59 Å². The summed E-state index contributed by atoms with van der Waals surface area (Å²) in [5, 5.41) is 0. The van der Waals surface area contributed by atoms with Gasteiger partial charge < -0.3 is 4.74 Å². The zero-order chi connectivity index (χ0) is 14.5. The summed E-state index contributed by atoms with van der Waals surface area (Å²) >= 11 is 2.11. The Kier molecular flexibility index (Phi) is 4.89. The molecule has 0 aliphatic heterocycles. The van der Waals surface area contributed by atoms with Crippen LogP contribution in [0.15, 0.2) is 48.5 Å². The van der Waals surface area contributed by atoms with Gasteiger partial charge in [0.25, 0.3) is 0 Å². The van der Waals surface area contributed by atoms with E-state index in [4.69, 9.17) is 4.74 Å². The first-order valence-electron chi connectivity index (χ1n) is 6.20. The molecule has 4 heteroatoms. The fourth-order valence-electron chi connectivity index (χ4n) is 1.86. The van der Waals surface area contributed by atoms with Crippen molar-refractivity contribution in [2.24, 2.45) is 0 Å². The summed E-state index contributed by atoms with van der Waals surface area (Å²) in [6.45, 7) is 2.02. The van der Waals surface area contributed by atoms with Crippen LogP contribution >= 0.6 is 22.6 Å². The van der Waals surface area contributed by atoms with Gasteiger partial charge in [-0.05, 0) is 47.7 Å². The van der Waals surface area contributed by atoms with E-state index in [-0.39, 0.29) is 12.4 Å². The Hall–Kier alpha value is -1.69. The van der Waals surface area contributed by atoms with Gasteiger partial charge in [-0.2, -0.15) is 0 Å². The number of benzene rings is 2. The molecular formula is C16H13IO3. The Balaban J connectivity index is 2.46. The topological polar surface area (TPSA) is 43.4 Å². The maximum atomic E-state index is 12.6. The van der Waals surface area contributed by atoms with Crippen molar-refractivity contribution in [2.75, 3.05) is 6.61 Å². The third kappa shape index (κ3) is 3.07. The second kappa shape index (κ2) is 6.65. The summed E-state index contributed by atoms with van der Waals surface area (Å²) in [6.07, 6.45) is 0. The lowest BCUT2D eigenvalue weighted by molar-refractivity contribution is 0.0523. The number of carbonyl (C=O) groups excluding carboxylic acids is 2. The molecule has 0 atom stereocenters. The Bertz CT molecular complexity index is 650. The number of ether oxygens (including phenoxy) is 1. The molecule has 0 N–H and O–H groups in total. The van der Waals surface area contributed by atoms with Gasteiger partial charge in [0.05, 0.1) is 12.2 Å². The van der Waals surface area contributed by atoms with Gasteiger partial charge in [-0.1, -0.05) is 30.3 Å². The Morgan fingerprint density at radius 1 is 0.950 bits per heavy atom. The van der Waals surface area contributed by atoms with Crippen LogP contribution in [0.1, 0.15) is 33.2 Å². The Morgan fingerprint density at radius 3 is 2.10 bits per heavy atom. The monoisotopic (exact) mass is 380 g/mol. The van der Waals surface area contributed by atoms with Gasteiger partial charge >= 0.3 is 5.97 Å². The molecular weight excluding hydrogens is 367 g/mol. The molecule has 0 saturated heterocycles. The molecule has 0 bridgehead atoms. The smallest absolute Gasteiger partial charge is 0.338 e. The molecule has 0 aliphatic rings. The molecule has 0 aromatic heterocycles. The standard InChI is InChI=1S/C16H13IO3/c1-2-20-16(19)12-8-4-3-7-11(12)15(18)13-9-5-6-10-14(13)17/h3-10H,2H2,1H3. The Morgan fingerprint density at radius 2 is 1.50 bits per heavy atom. The summed E-state index contributed by atoms with van der Waals surface area (Å²) in [6, 6.07) is 14.0. The lowest BCUT2D eigenvalue weighted by Crippen LogP contribution is -2.13. The third-order valence-corrected chi connectivity index (χ3v) is 3.73. The summed E-state index contributed by atoms with van der Waals surface area (Å²) in [5.74, 6) is -0.638. The normalized spacial score (nSPS) is 10.1. The second-order valence-corrected chi connectivity index (χ2v) is 5.24. The number of ketones is 1. The van der Waals surface area contributed by atoms with Gasteiger partial charge in [0.1, 0.15) is 0 Å². The number of rotatable bonds is 4. The predicted octanol–water partition coefficient (Wildman–Crippen LogP) is 3.70. The van der Waals surface area contributed by atoms with Crippen molar-refractivity contribution in [2.45, 2.75) is 6.92 Å². The van der Waals surface area contributed by atoms with Crippen molar-refractivity contribution < 1.29 is 14.3 Å². The predicted molar refractivity (Wildman–Crippen MR) is 85.0 cm³/mol. The zero-order valence-electron chi connectivity index (χ0n) is 10.9. The van der Waals surface area contributed by atoms with Crippen LogP contribution in [0.2, 0.25) is 0 Å². The van der Waals surface area contributed by atoms with E-state index in [0.29, 0.717) is 16.7 Å². The molecule has 0 unspecified atom stereocenters. The molecule has 0 heterocycles. The van der Waals surface area contributed by atoms with Crippen LogP contribution < -0.4 is 0 Å². The van der Waals surface area contributed by atoms with E-state index in [1.807, 2.05) is 18.2 Å². The molecule has 3 nitrogen and oxygen atoms in total. The quantitative estimate of drug-likeness (QED) is 0.462. The van der Waals surface area contributed by atoms with Crippen LogP contribution in [-0.4, -0.2) is 18.4 Å². The third-order valence-electron chi connectivity index (χ3n) is 2.79. The molecule has 2 rings (SSSR count). The Labute approximate surface area is 131 Å². The maximum Gasteiger partial charge on any atom is 0.338 e. The van der Waals surface area contributed by atoms with Crippen molar-refractivity contribution in [3.63, 3.8) is 0 Å². The summed E-state index contributed by atoms with van der Waals surface area (Å²) in [5.41, 5.74) is 1.26. The zero-order valence-corrected chi connectivity index (χ0v) is 13.1. The molecule has 0 aliphatic carbocycles. The lowest BCUT2D eigenvalue weighted by Gasteiger charge is -2.09. The van der Waals surface area contributed by atoms with E-state index < -0.39 is 5.97 Å². The lowest BCUT2D eigenvalue weighted by atomic mass is 9.98. The first-order valence-corrected chi connectivity index (χ1v) is 7.28. The van der Waals surface area contributed by atoms with Gasteiger partial charge in [0, 0.05) is 14.7 Å². The fourth-order valence-corrected chi connectivity index (χ4v) is 2.49. The highest BCUT2D eigenvalue weighted by atomic mass is 127. The van der Waals surface area contributed by atoms with Crippen LogP contribution in [0.3, 0.4) is 0 Å². The minimum absolute atomic E-state index is 0.168. The highest BCUT2D eigenvalue weighted by Gasteiger charge is 2.19. The van der Waals surface area contributed by atoms with Crippen LogP contribution in [0, 0.1) is 3.57 Å². The molecule has 0 amide bonds. The molecule has 0 fully saturated rings. The molecule has 20 heavy (non-hydrogen) atoms. The van der Waals surface area contributed by atoms with Crippen molar-refractivity contribution in [1.29, 1.82) is 0 Å². The number of halogens is 1. The molecule has 102 valence electrons. The van der Waals surface area contributed by atoms with Crippen LogP contribution in [0.25, 0.3) is 0 Å². The highest BCUT2D eigenvalue weighted by molar-refractivity contribution is 14.1. The summed E-state index contributed by atoms with van der Waals surface area (Å²) < 4.78 is 5.85. The number of esters is 1. The van der Waals surface area contributed by atoms with Crippen LogP contribution in [0.5, 0.6) is 0 Å². The molecule has 0 spiro atoms. The number of hydrogen-bond acceptors (Lipinski definition) is 3. The van der Waals surface area contributed by atoms with Gasteiger partial charge in [0.15, 0.2) is 5.78 Å². The number of hydrogen-bond donors (Lipinski definition) is 0. The molecule has 0 radical (unpaired) electrons. The van der Waals surface area contributed by atoms with E-state index in [1.165, 1.54) is 0 Å². The highest BCUT2D eigenvalue weighted by Crippen LogP contribution is 2.19. The van der Waals surface area contributed by atoms with Crippen molar-refractivity contribution in [1.82, 2.24) is 0 Å². The van der Waals surface area contributed by atoms with Crippen LogP contribution in [-0.2, 0) is 4.74 Å². The largest absolute Gasteiger partial charge is 0.462 e. The van der Waals surface area contributed by atoms with Gasteiger partial charge in [-0.3, -0.25) is 4.79 Å². The van der Waals surface area contributed by atoms with Crippen molar-refractivity contribution >= 4 is 34.3 Å². The van der Waals surface area contributed by atoms with E-state index >= 15 is 0 Å². The maximum absolute atomic E-state index is 12.6. The van der Waals surface area contributed by atoms with E-state index in [0.717, 1.165) is 3.57 Å². The fraction of sp³-hybridized carbons (Fsp3) is 0.125. The molecule has 2 aromatic rings. The first-order chi connectivity index (χ1) is 9.65. The average molecular weight is 380 g/mol.